The Kier molecular flexibility index (Phi) is 5.31. The third-order valence-corrected chi connectivity index (χ3v) is 6.10. The molecule has 2 heterocycles. The maximum Gasteiger partial charge on any atom is 0.256 e. The molecule has 0 atom stereocenters. The minimum Gasteiger partial charge on any atom is -0.386 e. The number of hydrogen-bond donors (Lipinski definition) is 2. The fourth-order valence-corrected chi connectivity index (χ4v) is 4.61. The maximum absolute atomic E-state index is 12.7. The third kappa shape index (κ3) is 3.58. The van der Waals surface area contributed by atoms with Gasteiger partial charge in [0.2, 0.25) is 0 Å². The summed E-state index contributed by atoms with van der Waals surface area (Å²) in [6.45, 7) is 3.34. The van der Waals surface area contributed by atoms with Crippen molar-refractivity contribution in [1.29, 1.82) is 0 Å². The van der Waals surface area contributed by atoms with Gasteiger partial charge in [0.25, 0.3) is 5.56 Å². The van der Waals surface area contributed by atoms with Crippen LogP contribution in [-0.4, -0.2) is 22.1 Å². The number of benzene rings is 2. The van der Waals surface area contributed by atoms with Crippen LogP contribution in [0.2, 0.25) is 10.0 Å². The second-order valence-electron chi connectivity index (χ2n) is 7.60. The summed E-state index contributed by atoms with van der Waals surface area (Å²) >= 11 is 16.6. The van der Waals surface area contributed by atoms with Crippen molar-refractivity contribution in [3.63, 3.8) is 0 Å². The van der Waals surface area contributed by atoms with Crippen molar-refractivity contribution in [3.8, 4) is 0 Å². The Balaban J connectivity index is 2.01. The van der Waals surface area contributed by atoms with Gasteiger partial charge in [0, 0.05) is 28.5 Å². The largest absolute Gasteiger partial charge is 0.386 e. The molecule has 0 fully saturated rings. The molecule has 2 aromatic heterocycles. The Morgan fingerprint density at radius 2 is 1.77 bits per heavy atom. The number of rotatable bonds is 3. The first kappa shape index (κ1) is 21.1. The maximum atomic E-state index is 12.7. The molecule has 0 saturated carbocycles. The van der Waals surface area contributed by atoms with Crippen molar-refractivity contribution < 1.29 is 5.11 Å². The lowest BCUT2D eigenvalue weighted by molar-refractivity contribution is 0.0786. The highest BCUT2D eigenvalue weighted by molar-refractivity contribution is 9.10. The number of pyridine rings is 2. The predicted molar refractivity (Wildman–Crippen MR) is 127 cm³/mol. The van der Waals surface area contributed by atoms with E-state index in [9.17, 15) is 9.90 Å². The number of hydrogen-bond acceptors (Lipinski definition) is 4. The van der Waals surface area contributed by atoms with Gasteiger partial charge in [-0.1, -0.05) is 39.1 Å². The van der Waals surface area contributed by atoms with Crippen molar-refractivity contribution in [3.05, 3.63) is 73.0 Å². The molecule has 2 N–H and O–H groups in total. The summed E-state index contributed by atoms with van der Waals surface area (Å²) in [5, 5.41) is 13.0. The van der Waals surface area contributed by atoms with E-state index in [1.165, 1.54) is 0 Å². The highest BCUT2D eigenvalue weighted by Gasteiger charge is 2.23. The Hall–Kier alpha value is -2.12. The lowest BCUT2D eigenvalue weighted by Gasteiger charge is -2.25. The number of nitrogens with zero attached hydrogens (tertiary/aromatic N) is 2. The quantitative estimate of drug-likeness (QED) is 0.327. The number of anilines is 2. The molecule has 0 unspecified atom stereocenters. The minimum atomic E-state index is -1.08. The van der Waals surface area contributed by atoms with E-state index in [0.717, 1.165) is 9.86 Å². The van der Waals surface area contributed by atoms with E-state index in [2.05, 4.69) is 20.9 Å². The molecule has 154 valence electrons. The number of H-pyrrole nitrogens is 1. The molecule has 0 aliphatic rings. The van der Waals surface area contributed by atoms with Crippen LogP contribution < -0.4 is 10.5 Å². The molecule has 0 bridgehead atoms. The molecule has 30 heavy (non-hydrogen) atoms. The normalized spacial score (nSPS) is 12.0. The van der Waals surface area contributed by atoms with Crippen molar-refractivity contribution in [2.24, 2.45) is 0 Å². The highest BCUT2D eigenvalue weighted by atomic mass is 79.9. The zero-order chi connectivity index (χ0) is 21.8. The van der Waals surface area contributed by atoms with Crippen LogP contribution in [0.5, 0.6) is 0 Å². The van der Waals surface area contributed by atoms with Crippen LogP contribution in [-0.2, 0) is 5.60 Å². The standard InChI is InChI=1S/C22H18BrCl2N3O2/c1-22(2,30)11-8-15(24)19(16(25)9-11)28(3)20-13-6-7-26-21(29)18(13)14-10-12(23)4-5-17(14)27-20/h4-10,30H,1-3H3,(H,26,29). The Morgan fingerprint density at radius 1 is 1.10 bits per heavy atom. The van der Waals surface area contributed by atoms with Gasteiger partial charge >= 0.3 is 0 Å². The molecule has 5 nitrogen and oxygen atoms in total. The molecule has 0 saturated heterocycles. The van der Waals surface area contributed by atoms with E-state index in [1.54, 1.807) is 44.1 Å². The Labute approximate surface area is 191 Å². The lowest BCUT2D eigenvalue weighted by Crippen LogP contribution is -2.18. The van der Waals surface area contributed by atoms with Gasteiger partial charge in [0.05, 0.1) is 32.2 Å². The summed E-state index contributed by atoms with van der Waals surface area (Å²) in [6.07, 6.45) is 1.59. The van der Waals surface area contributed by atoms with Gasteiger partial charge in [-0.15, -0.1) is 0 Å². The Bertz CT molecular complexity index is 1340. The van der Waals surface area contributed by atoms with Gasteiger partial charge in [-0.25, -0.2) is 4.98 Å². The molecule has 0 aliphatic heterocycles. The van der Waals surface area contributed by atoms with Crippen molar-refractivity contribution in [2.75, 3.05) is 11.9 Å². The van der Waals surface area contributed by atoms with Crippen LogP contribution >= 0.6 is 39.1 Å². The molecular formula is C22H18BrCl2N3O2. The van der Waals surface area contributed by atoms with Crippen LogP contribution in [0, 0.1) is 0 Å². The number of halogens is 3. The summed E-state index contributed by atoms with van der Waals surface area (Å²) in [6, 6.07) is 10.8. The van der Waals surface area contributed by atoms with Gasteiger partial charge in [-0.3, -0.25) is 4.79 Å². The van der Waals surface area contributed by atoms with Crippen LogP contribution in [0.4, 0.5) is 11.5 Å². The summed E-state index contributed by atoms with van der Waals surface area (Å²) < 4.78 is 0.857. The Morgan fingerprint density at radius 3 is 2.40 bits per heavy atom. The summed E-state index contributed by atoms with van der Waals surface area (Å²) in [5.74, 6) is 0.547. The van der Waals surface area contributed by atoms with Crippen LogP contribution in [0.3, 0.4) is 0 Å². The van der Waals surface area contributed by atoms with E-state index < -0.39 is 5.60 Å². The van der Waals surface area contributed by atoms with Crippen LogP contribution in [0.1, 0.15) is 19.4 Å². The molecule has 0 radical (unpaired) electrons. The van der Waals surface area contributed by atoms with E-state index >= 15 is 0 Å². The molecule has 8 heteroatoms. The fourth-order valence-electron chi connectivity index (χ4n) is 3.51. The van der Waals surface area contributed by atoms with Gasteiger partial charge in [-0.05, 0) is 55.8 Å². The van der Waals surface area contributed by atoms with Gasteiger partial charge in [-0.2, -0.15) is 0 Å². The second kappa shape index (κ2) is 7.54. The fraction of sp³-hybridized carbons (Fsp3) is 0.182. The highest BCUT2D eigenvalue weighted by Crippen LogP contribution is 2.42. The summed E-state index contributed by atoms with van der Waals surface area (Å²) in [4.78, 5) is 22.0. The van der Waals surface area contributed by atoms with Crippen LogP contribution in [0.15, 0.2) is 51.9 Å². The molecule has 0 spiro atoms. The first-order chi connectivity index (χ1) is 14.1. The molecule has 0 amide bonds. The first-order valence-corrected chi connectivity index (χ1v) is 10.7. The topological polar surface area (TPSA) is 69.2 Å². The van der Waals surface area contributed by atoms with Crippen LogP contribution in [0.25, 0.3) is 21.7 Å². The van der Waals surface area contributed by atoms with Crippen molar-refractivity contribution in [2.45, 2.75) is 19.4 Å². The number of aromatic nitrogens is 2. The number of fused-ring (bicyclic) bond motifs is 3. The van der Waals surface area contributed by atoms with Crippen molar-refractivity contribution in [1.82, 2.24) is 9.97 Å². The molecular weight excluding hydrogens is 489 g/mol. The summed E-state index contributed by atoms with van der Waals surface area (Å²) in [7, 11) is 1.80. The van der Waals surface area contributed by atoms with E-state index in [4.69, 9.17) is 28.2 Å². The molecule has 4 rings (SSSR count). The van der Waals surface area contributed by atoms with Gasteiger partial charge in [0.15, 0.2) is 0 Å². The first-order valence-electron chi connectivity index (χ1n) is 9.14. The number of aliphatic hydroxyl groups is 1. The molecule has 2 aromatic carbocycles. The second-order valence-corrected chi connectivity index (χ2v) is 9.33. The molecule has 0 aliphatic carbocycles. The predicted octanol–water partition coefficient (Wildman–Crippen LogP) is 6.14. The SMILES string of the molecule is CN(c1c(Cl)cc(C(C)(C)O)cc1Cl)c1nc2ccc(Br)cc2c2c(=O)[nH]ccc12. The smallest absolute Gasteiger partial charge is 0.256 e. The minimum absolute atomic E-state index is 0.206. The monoisotopic (exact) mass is 505 g/mol. The average Bonchev–Trinajstić information content (AvgIpc) is 2.66. The van der Waals surface area contributed by atoms with Gasteiger partial charge < -0.3 is 15.0 Å². The van der Waals surface area contributed by atoms with Gasteiger partial charge in [0.1, 0.15) is 5.82 Å². The number of aromatic amines is 1. The number of nitrogens with one attached hydrogen (secondary N) is 1. The lowest BCUT2D eigenvalue weighted by atomic mass is 9.98. The zero-order valence-electron chi connectivity index (χ0n) is 16.4. The van der Waals surface area contributed by atoms with E-state index in [0.29, 0.717) is 43.4 Å². The van der Waals surface area contributed by atoms with E-state index in [1.807, 2.05) is 24.3 Å². The average molecular weight is 507 g/mol. The zero-order valence-corrected chi connectivity index (χ0v) is 19.5. The van der Waals surface area contributed by atoms with E-state index in [-0.39, 0.29) is 5.56 Å². The van der Waals surface area contributed by atoms with Crippen molar-refractivity contribution >= 4 is 72.3 Å². The molecule has 4 aromatic rings. The third-order valence-electron chi connectivity index (χ3n) is 5.03. The summed E-state index contributed by atoms with van der Waals surface area (Å²) in [5.41, 5.74) is 0.523.